The summed E-state index contributed by atoms with van der Waals surface area (Å²) in [5.74, 6) is -0.0189. The maximum absolute atomic E-state index is 9.45. The normalized spacial score (nSPS) is 10.5. The van der Waals surface area contributed by atoms with Gasteiger partial charge in [0.05, 0.1) is 17.5 Å². The molecule has 0 amide bonds. The lowest BCUT2D eigenvalue weighted by molar-refractivity contribution is 0.398. The average molecular weight is 227 g/mol. The minimum absolute atomic E-state index is 0.273. The Hall–Kier alpha value is -1.75. The van der Waals surface area contributed by atoms with Crippen LogP contribution in [0.4, 0.5) is 0 Å². The van der Waals surface area contributed by atoms with Crippen LogP contribution >= 0.6 is 11.6 Å². The molecule has 0 aliphatic heterocycles. The van der Waals surface area contributed by atoms with E-state index in [9.17, 15) is 5.11 Å². The molecule has 0 saturated heterocycles. The molecule has 78 valence electrons. The van der Waals surface area contributed by atoms with Crippen molar-refractivity contribution in [1.29, 1.82) is 0 Å². The highest BCUT2D eigenvalue weighted by Gasteiger charge is 2.13. The van der Waals surface area contributed by atoms with E-state index in [0.717, 1.165) is 0 Å². The highest BCUT2D eigenvalue weighted by atomic mass is 35.5. The molecule has 0 fully saturated rings. The van der Waals surface area contributed by atoms with Gasteiger partial charge in [0.1, 0.15) is 5.52 Å². The Balaban J connectivity index is 2.91. The molecule has 2 aromatic rings. The van der Waals surface area contributed by atoms with Gasteiger partial charge < -0.3 is 14.9 Å². The largest absolute Gasteiger partial charge is 0.493 e. The quantitative estimate of drug-likeness (QED) is 0.774. The predicted molar refractivity (Wildman–Crippen MR) is 54.4 cm³/mol. The smallest absolute Gasteiger partial charge is 0.317 e. The van der Waals surface area contributed by atoms with Gasteiger partial charge in [-0.1, -0.05) is 11.6 Å². The Morgan fingerprint density at radius 2 is 2.00 bits per heavy atom. The summed E-state index contributed by atoms with van der Waals surface area (Å²) in [6, 6.07) is 2.58. The lowest BCUT2D eigenvalue weighted by atomic mass is 10.2. The number of aromatic hydroxyl groups is 2. The van der Waals surface area contributed by atoms with Gasteiger partial charge >= 0.3 is 6.01 Å². The van der Waals surface area contributed by atoms with E-state index in [2.05, 4.69) is 9.97 Å². The summed E-state index contributed by atoms with van der Waals surface area (Å²) in [7, 11) is 1.43. The Labute approximate surface area is 89.9 Å². The monoisotopic (exact) mass is 226 g/mol. The first-order valence-corrected chi connectivity index (χ1v) is 4.43. The van der Waals surface area contributed by atoms with Crippen LogP contribution in [-0.4, -0.2) is 27.3 Å². The minimum Gasteiger partial charge on any atom is -0.493 e. The Morgan fingerprint density at radius 3 is 2.67 bits per heavy atom. The zero-order chi connectivity index (χ0) is 11.0. The molecule has 1 aromatic heterocycles. The predicted octanol–water partition coefficient (Wildman–Crippen LogP) is 1.70. The van der Waals surface area contributed by atoms with Crippen LogP contribution in [0.3, 0.4) is 0 Å². The van der Waals surface area contributed by atoms with Crippen LogP contribution in [-0.2, 0) is 0 Å². The molecule has 5 nitrogen and oxygen atoms in total. The minimum atomic E-state index is -0.527. The molecular formula is C9H7ClN2O3. The van der Waals surface area contributed by atoms with E-state index in [1.165, 1.54) is 7.11 Å². The Morgan fingerprint density at radius 1 is 1.27 bits per heavy atom. The van der Waals surface area contributed by atoms with Crippen LogP contribution in [0.1, 0.15) is 0 Å². The molecule has 1 heterocycles. The number of methoxy groups -OCH3 is 1. The fraction of sp³-hybridized carbons (Fsp3) is 0.111. The summed E-state index contributed by atoms with van der Waals surface area (Å²) in [4.78, 5) is 7.15. The van der Waals surface area contributed by atoms with Crippen LogP contribution in [0.5, 0.6) is 17.6 Å². The third-order valence-electron chi connectivity index (χ3n) is 1.95. The first kappa shape index (κ1) is 9.79. The molecule has 2 N–H and O–H groups in total. The zero-order valence-electron chi connectivity index (χ0n) is 7.73. The Bertz CT molecular complexity index is 530. The van der Waals surface area contributed by atoms with Crippen molar-refractivity contribution in [3.8, 4) is 17.6 Å². The molecule has 0 radical (unpaired) electrons. The van der Waals surface area contributed by atoms with Crippen molar-refractivity contribution < 1.29 is 14.9 Å². The first-order chi connectivity index (χ1) is 7.13. The molecule has 0 spiro atoms. The second-order valence-electron chi connectivity index (χ2n) is 2.82. The van der Waals surface area contributed by atoms with Crippen LogP contribution in [0.25, 0.3) is 10.9 Å². The van der Waals surface area contributed by atoms with E-state index in [4.69, 9.17) is 21.4 Å². The summed E-state index contributed by atoms with van der Waals surface area (Å²) in [6.45, 7) is 0. The topological polar surface area (TPSA) is 75.5 Å². The SMILES string of the molecule is COc1c(Cl)ccc2c(O)nc(O)nc12. The summed E-state index contributed by atoms with van der Waals surface area (Å²) in [6.07, 6.45) is 0. The van der Waals surface area contributed by atoms with Gasteiger partial charge in [-0.3, -0.25) is 0 Å². The third-order valence-corrected chi connectivity index (χ3v) is 2.24. The fourth-order valence-electron chi connectivity index (χ4n) is 1.31. The number of rotatable bonds is 1. The number of benzene rings is 1. The second kappa shape index (κ2) is 3.43. The van der Waals surface area contributed by atoms with Crippen molar-refractivity contribution in [2.24, 2.45) is 0 Å². The number of halogens is 1. The van der Waals surface area contributed by atoms with E-state index < -0.39 is 6.01 Å². The molecule has 0 bridgehead atoms. The molecule has 0 aliphatic rings. The van der Waals surface area contributed by atoms with E-state index in [1.807, 2.05) is 0 Å². The summed E-state index contributed by atoms with van der Waals surface area (Å²) in [5, 5.41) is 19.3. The molecule has 0 aliphatic carbocycles. The molecule has 1 aromatic carbocycles. The van der Waals surface area contributed by atoms with Crippen molar-refractivity contribution in [1.82, 2.24) is 9.97 Å². The molecular weight excluding hydrogens is 220 g/mol. The van der Waals surface area contributed by atoms with Crippen molar-refractivity contribution >= 4 is 22.5 Å². The van der Waals surface area contributed by atoms with Crippen molar-refractivity contribution in [2.75, 3.05) is 7.11 Å². The number of ether oxygens (including phenoxy) is 1. The molecule has 6 heteroatoms. The number of hydrogen-bond acceptors (Lipinski definition) is 5. The molecule has 0 unspecified atom stereocenters. The van der Waals surface area contributed by atoms with Gasteiger partial charge in [0.2, 0.25) is 5.88 Å². The highest BCUT2D eigenvalue weighted by Crippen LogP contribution is 2.35. The second-order valence-corrected chi connectivity index (χ2v) is 3.23. The Kier molecular flexibility index (Phi) is 2.24. The summed E-state index contributed by atoms with van der Waals surface area (Å²) >= 11 is 5.86. The molecule has 15 heavy (non-hydrogen) atoms. The number of hydrogen-bond donors (Lipinski definition) is 2. The maximum Gasteiger partial charge on any atom is 0.317 e. The third kappa shape index (κ3) is 1.50. The van der Waals surface area contributed by atoms with Crippen LogP contribution < -0.4 is 4.74 Å². The average Bonchev–Trinajstić information content (AvgIpc) is 2.17. The van der Waals surface area contributed by atoms with Crippen molar-refractivity contribution in [2.45, 2.75) is 0 Å². The lowest BCUT2D eigenvalue weighted by Gasteiger charge is -2.07. The highest BCUT2D eigenvalue weighted by molar-refractivity contribution is 6.33. The van der Waals surface area contributed by atoms with Crippen LogP contribution in [0.15, 0.2) is 12.1 Å². The zero-order valence-corrected chi connectivity index (χ0v) is 8.49. The van der Waals surface area contributed by atoms with Gasteiger partial charge in [0.25, 0.3) is 0 Å². The first-order valence-electron chi connectivity index (χ1n) is 4.05. The van der Waals surface area contributed by atoms with E-state index in [-0.39, 0.29) is 11.4 Å². The van der Waals surface area contributed by atoms with Gasteiger partial charge in [0.15, 0.2) is 5.75 Å². The van der Waals surface area contributed by atoms with Crippen LogP contribution in [0, 0.1) is 0 Å². The maximum atomic E-state index is 9.45. The van der Waals surface area contributed by atoms with Gasteiger partial charge in [0, 0.05) is 0 Å². The summed E-state index contributed by atoms with van der Waals surface area (Å²) < 4.78 is 5.02. The molecule has 2 rings (SSSR count). The fourth-order valence-corrected chi connectivity index (χ4v) is 1.54. The number of nitrogens with zero attached hydrogens (tertiary/aromatic N) is 2. The summed E-state index contributed by atoms with van der Waals surface area (Å²) in [5.41, 5.74) is 0.273. The standard InChI is InChI=1S/C9H7ClN2O3/c1-15-7-5(10)3-2-4-6(7)11-9(14)12-8(4)13/h2-3H,1H3,(H2,11,12,13,14). The number of fused-ring (bicyclic) bond motifs is 1. The van der Waals surface area contributed by atoms with Gasteiger partial charge in [-0.15, -0.1) is 0 Å². The van der Waals surface area contributed by atoms with E-state index in [0.29, 0.717) is 16.2 Å². The van der Waals surface area contributed by atoms with Crippen molar-refractivity contribution in [3.05, 3.63) is 17.2 Å². The van der Waals surface area contributed by atoms with E-state index in [1.54, 1.807) is 12.1 Å². The van der Waals surface area contributed by atoms with Gasteiger partial charge in [-0.25, -0.2) is 0 Å². The molecule has 0 saturated carbocycles. The van der Waals surface area contributed by atoms with Crippen LogP contribution in [0.2, 0.25) is 5.02 Å². The van der Waals surface area contributed by atoms with Gasteiger partial charge in [-0.2, -0.15) is 9.97 Å². The van der Waals surface area contributed by atoms with Crippen molar-refractivity contribution in [3.63, 3.8) is 0 Å². The molecule has 0 atom stereocenters. The van der Waals surface area contributed by atoms with E-state index >= 15 is 0 Å². The number of aromatic nitrogens is 2. The van der Waals surface area contributed by atoms with Gasteiger partial charge in [-0.05, 0) is 12.1 Å². The lowest BCUT2D eigenvalue weighted by Crippen LogP contribution is -1.91.